The van der Waals surface area contributed by atoms with Gasteiger partial charge in [-0.2, -0.15) is 5.10 Å². The Labute approximate surface area is 184 Å². The highest BCUT2D eigenvalue weighted by molar-refractivity contribution is 7.84. The Hall–Kier alpha value is -2.90. The van der Waals surface area contributed by atoms with E-state index >= 15 is 0 Å². The summed E-state index contributed by atoms with van der Waals surface area (Å²) in [5, 5.41) is 4.67. The molecule has 160 valence electrons. The fourth-order valence-electron chi connectivity index (χ4n) is 3.60. The Morgan fingerprint density at radius 3 is 2.42 bits per heavy atom. The summed E-state index contributed by atoms with van der Waals surface area (Å²) in [5.41, 5.74) is 4.33. The second-order valence-electron chi connectivity index (χ2n) is 7.39. The molecule has 4 aromatic rings. The summed E-state index contributed by atoms with van der Waals surface area (Å²) < 4.78 is 28.3. The lowest BCUT2D eigenvalue weighted by Crippen LogP contribution is -2.22. The van der Waals surface area contributed by atoms with Crippen molar-refractivity contribution < 1.29 is 8.60 Å². The van der Waals surface area contributed by atoms with Gasteiger partial charge >= 0.3 is 0 Å². The Morgan fingerprint density at radius 2 is 1.77 bits per heavy atom. The van der Waals surface area contributed by atoms with Crippen molar-refractivity contribution >= 4 is 16.4 Å². The van der Waals surface area contributed by atoms with E-state index in [9.17, 15) is 8.60 Å². The molecule has 0 spiro atoms. The maximum Gasteiger partial charge on any atom is 0.154 e. The number of rotatable bonds is 7. The van der Waals surface area contributed by atoms with Gasteiger partial charge in [0.15, 0.2) is 5.65 Å². The van der Waals surface area contributed by atoms with Crippen LogP contribution in [0.5, 0.6) is 0 Å². The third-order valence-corrected chi connectivity index (χ3v) is 6.39. The molecule has 0 aliphatic carbocycles. The van der Waals surface area contributed by atoms with Crippen LogP contribution in [0.3, 0.4) is 0 Å². The molecule has 2 aromatic carbocycles. The van der Waals surface area contributed by atoms with E-state index in [1.807, 2.05) is 36.4 Å². The van der Waals surface area contributed by atoms with Crippen LogP contribution in [0.15, 0.2) is 65.7 Å². The predicted octanol–water partition coefficient (Wildman–Crippen LogP) is 4.78. The van der Waals surface area contributed by atoms with Crippen LogP contribution in [0.25, 0.3) is 28.2 Å². The lowest BCUT2D eigenvalue weighted by molar-refractivity contribution is 0.295. The number of halogens is 1. The third kappa shape index (κ3) is 4.43. The fourth-order valence-corrected chi connectivity index (χ4v) is 4.12. The van der Waals surface area contributed by atoms with E-state index in [0.717, 1.165) is 41.4 Å². The van der Waals surface area contributed by atoms with E-state index in [2.05, 4.69) is 28.8 Å². The van der Waals surface area contributed by atoms with E-state index in [4.69, 9.17) is 0 Å². The zero-order chi connectivity index (χ0) is 22.0. The molecule has 4 rings (SSSR count). The van der Waals surface area contributed by atoms with E-state index < -0.39 is 10.8 Å². The Bertz CT molecular complexity index is 1230. The molecule has 2 aromatic heterocycles. The van der Waals surface area contributed by atoms with Crippen LogP contribution in [0.4, 0.5) is 4.39 Å². The summed E-state index contributed by atoms with van der Waals surface area (Å²) in [4.78, 5) is 7.42. The van der Waals surface area contributed by atoms with Crippen LogP contribution in [0.2, 0.25) is 0 Å². The van der Waals surface area contributed by atoms with Gasteiger partial charge in [0.1, 0.15) is 5.82 Å². The first-order chi connectivity index (χ1) is 15.0. The van der Waals surface area contributed by atoms with Gasteiger partial charge in [0.25, 0.3) is 0 Å². The molecule has 31 heavy (non-hydrogen) atoms. The summed E-state index contributed by atoms with van der Waals surface area (Å²) in [7, 11) is -1.03. The maximum atomic E-state index is 15.0. The van der Waals surface area contributed by atoms with Gasteiger partial charge in [-0.25, -0.2) is 13.9 Å². The van der Waals surface area contributed by atoms with Crippen LogP contribution in [-0.2, 0) is 17.3 Å². The minimum absolute atomic E-state index is 0.284. The van der Waals surface area contributed by atoms with Crippen molar-refractivity contribution in [3.05, 3.63) is 72.2 Å². The van der Waals surface area contributed by atoms with Crippen molar-refractivity contribution in [2.75, 3.05) is 19.3 Å². The zero-order valence-corrected chi connectivity index (χ0v) is 18.7. The molecular weight excluding hydrogens is 411 g/mol. The van der Waals surface area contributed by atoms with Gasteiger partial charge < -0.3 is 0 Å². The molecule has 0 radical (unpaired) electrons. The lowest BCUT2D eigenvalue weighted by Gasteiger charge is -2.18. The Morgan fingerprint density at radius 1 is 1.03 bits per heavy atom. The highest BCUT2D eigenvalue weighted by Crippen LogP contribution is 2.26. The number of fused-ring (bicyclic) bond motifs is 1. The van der Waals surface area contributed by atoms with Crippen molar-refractivity contribution in [3.63, 3.8) is 0 Å². The van der Waals surface area contributed by atoms with Crippen molar-refractivity contribution in [2.45, 2.75) is 25.3 Å². The smallest absolute Gasteiger partial charge is 0.154 e. The first-order valence-corrected chi connectivity index (χ1v) is 11.9. The van der Waals surface area contributed by atoms with Gasteiger partial charge in [-0.3, -0.25) is 9.11 Å². The number of benzene rings is 2. The van der Waals surface area contributed by atoms with Crippen LogP contribution < -0.4 is 0 Å². The molecule has 0 fully saturated rings. The van der Waals surface area contributed by atoms with Crippen LogP contribution in [-0.4, -0.2) is 43.1 Å². The maximum absolute atomic E-state index is 15.0. The minimum Gasteiger partial charge on any atom is -0.300 e. The number of nitrogens with zero attached hydrogens (tertiary/aromatic N) is 4. The lowest BCUT2D eigenvalue weighted by atomic mass is 10.1. The topological polar surface area (TPSA) is 50.5 Å². The second-order valence-corrected chi connectivity index (χ2v) is 8.77. The van der Waals surface area contributed by atoms with Gasteiger partial charge in [-0.05, 0) is 55.1 Å². The van der Waals surface area contributed by atoms with Crippen molar-refractivity contribution in [1.29, 1.82) is 0 Å². The molecule has 5 nitrogen and oxygen atoms in total. The first-order valence-electron chi connectivity index (χ1n) is 10.3. The van der Waals surface area contributed by atoms with Crippen molar-refractivity contribution in [2.24, 2.45) is 0 Å². The first kappa shape index (κ1) is 21.3. The van der Waals surface area contributed by atoms with E-state index in [0.29, 0.717) is 16.9 Å². The van der Waals surface area contributed by atoms with Crippen LogP contribution in [0, 0.1) is 5.82 Å². The van der Waals surface area contributed by atoms with Gasteiger partial charge in [0.2, 0.25) is 0 Å². The molecule has 0 aliphatic rings. The van der Waals surface area contributed by atoms with Gasteiger partial charge in [-0.15, -0.1) is 0 Å². The summed E-state index contributed by atoms with van der Waals surface area (Å²) in [6.07, 6.45) is 3.40. The van der Waals surface area contributed by atoms with Crippen LogP contribution in [0.1, 0.15) is 19.4 Å². The number of hydrogen-bond acceptors (Lipinski definition) is 4. The van der Waals surface area contributed by atoms with Gasteiger partial charge in [0, 0.05) is 39.6 Å². The fraction of sp³-hybridized carbons (Fsp3) is 0.250. The average molecular weight is 437 g/mol. The normalized spacial score (nSPS) is 12.5. The van der Waals surface area contributed by atoms with E-state index in [1.54, 1.807) is 35.2 Å². The standard InChI is InChI=1S/C24H25FN4OS/c1-4-28(5-2)16-17-6-11-20(21(25)14-17)22-12-13-24-26-15-23(29(24)27-22)18-7-9-19(10-8-18)31(3)30/h6-15H,4-5,16H2,1-3H3. The molecule has 1 unspecified atom stereocenters. The summed E-state index contributed by atoms with van der Waals surface area (Å²) in [6, 6.07) is 16.5. The Balaban J connectivity index is 1.69. The van der Waals surface area contributed by atoms with Gasteiger partial charge in [-0.1, -0.05) is 32.0 Å². The van der Waals surface area contributed by atoms with E-state index in [-0.39, 0.29) is 5.82 Å². The predicted molar refractivity (Wildman–Crippen MR) is 123 cm³/mol. The second kappa shape index (κ2) is 9.08. The number of hydrogen-bond donors (Lipinski definition) is 0. The molecule has 0 aliphatic heterocycles. The average Bonchev–Trinajstić information content (AvgIpc) is 3.21. The van der Waals surface area contributed by atoms with Crippen molar-refractivity contribution in [1.82, 2.24) is 19.5 Å². The molecule has 7 heteroatoms. The SMILES string of the molecule is CCN(CC)Cc1ccc(-c2ccc3ncc(-c4ccc(S(C)=O)cc4)n3n2)c(F)c1. The molecule has 0 bridgehead atoms. The van der Waals surface area contributed by atoms with Gasteiger partial charge in [0.05, 0.1) is 17.6 Å². The highest BCUT2D eigenvalue weighted by atomic mass is 32.2. The summed E-state index contributed by atoms with van der Waals surface area (Å²) in [5.74, 6) is -0.284. The molecular formula is C24H25FN4OS. The monoisotopic (exact) mass is 436 g/mol. The summed E-state index contributed by atoms with van der Waals surface area (Å²) in [6.45, 7) is 6.78. The quantitative estimate of drug-likeness (QED) is 0.418. The number of aromatic nitrogens is 3. The molecule has 0 saturated heterocycles. The molecule has 0 amide bonds. The zero-order valence-electron chi connectivity index (χ0n) is 17.9. The molecule has 2 heterocycles. The highest BCUT2D eigenvalue weighted by Gasteiger charge is 2.13. The van der Waals surface area contributed by atoms with Crippen molar-refractivity contribution in [3.8, 4) is 22.5 Å². The molecule has 0 saturated carbocycles. The molecule has 1 atom stereocenters. The van der Waals surface area contributed by atoms with Crippen LogP contribution >= 0.6 is 0 Å². The van der Waals surface area contributed by atoms with E-state index in [1.165, 1.54) is 0 Å². The largest absolute Gasteiger partial charge is 0.300 e. The summed E-state index contributed by atoms with van der Waals surface area (Å²) >= 11 is 0. The third-order valence-electron chi connectivity index (χ3n) is 5.45. The molecule has 0 N–H and O–H groups in total. The number of imidazole rings is 1. The minimum atomic E-state index is -1.03. The Kier molecular flexibility index (Phi) is 6.25.